The Morgan fingerprint density at radius 3 is 3.00 bits per heavy atom. The molecule has 1 saturated heterocycles. The highest BCUT2D eigenvalue weighted by molar-refractivity contribution is 5.85. The highest BCUT2D eigenvalue weighted by atomic mass is 16.2. The molecule has 18 heavy (non-hydrogen) atoms. The third-order valence-electron chi connectivity index (χ3n) is 3.06. The molecule has 0 radical (unpaired) electrons. The number of aromatic nitrogens is 1. The van der Waals surface area contributed by atoms with Crippen LogP contribution >= 0.6 is 0 Å². The highest BCUT2D eigenvalue weighted by Gasteiger charge is 2.17. The summed E-state index contributed by atoms with van der Waals surface area (Å²) >= 11 is 0. The monoisotopic (exact) mass is 242 g/mol. The number of amides is 1. The van der Waals surface area contributed by atoms with Crippen molar-refractivity contribution >= 4 is 28.3 Å². The van der Waals surface area contributed by atoms with Gasteiger partial charge in [0.1, 0.15) is 5.82 Å². The lowest BCUT2D eigenvalue weighted by Crippen LogP contribution is -2.48. The van der Waals surface area contributed by atoms with Gasteiger partial charge in [-0.2, -0.15) is 0 Å². The fraction of sp³-hybridized carbons (Fsp3) is 0.231. The maximum Gasteiger partial charge on any atom is 0.239 e. The Kier molecular flexibility index (Phi) is 2.51. The van der Waals surface area contributed by atoms with Crippen LogP contribution in [0.2, 0.25) is 0 Å². The summed E-state index contributed by atoms with van der Waals surface area (Å²) in [7, 11) is 0. The van der Waals surface area contributed by atoms with Crippen LogP contribution < -0.4 is 16.0 Å². The van der Waals surface area contributed by atoms with Crippen molar-refractivity contribution in [3.63, 3.8) is 0 Å². The van der Waals surface area contributed by atoms with Crippen molar-refractivity contribution in [1.29, 1.82) is 0 Å². The maximum absolute atomic E-state index is 11.4. The molecule has 5 nitrogen and oxygen atoms in total. The lowest BCUT2D eigenvalue weighted by Gasteiger charge is -2.27. The van der Waals surface area contributed by atoms with E-state index in [2.05, 4.69) is 10.3 Å². The van der Waals surface area contributed by atoms with E-state index in [9.17, 15) is 4.79 Å². The van der Waals surface area contributed by atoms with Gasteiger partial charge >= 0.3 is 0 Å². The van der Waals surface area contributed by atoms with Gasteiger partial charge in [-0.1, -0.05) is 0 Å². The Bertz CT molecular complexity index is 611. The molecule has 1 aromatic heterocycles. The lowest BCUT2D eigenvalue weighted by molar-refractivity contribution is -0.120. The van der Waals surface area contributed by atoms with E-state index in [1.807, 2.05) is 35.2 Å². The number of nitrogens with two attached hydrogens (primary N) is 1. The molecule has 2 heterocycles. The minimum absolute atomic E-state index is 0.0421. The summed E-state index contributed by atoms with van der Waals surface area (Å²) in [4.78, 5) is 17.9. The van der Waals surface area contributed by atoms with Gasteiger partial charge in [0.2, 0.25) is 5.91 Å². The first-order valence-electron chi connectivity index (χ1n) is 5.90. The van der Waals surface area contributed by atoms with Crippen molar-refractivity contribution in [2.45, 2.75) is 0 Å². The molecule has 0 saturated carbocycles. The van der Waals surface area contributed by atoms with E-state index in [-0.39, 0.29) is 5.91 Å². The topological polar surface area (TPSA) is 71.2 Å². The number of rotatable bonds is 1. The van der Waals surface area contributed by atoms with Gasteiger partial charge < -0.3 is 16.0 Å². The number of carbonyl (C=O) groups excluding carboxylic acids is 1. The summed E-state index contributed by atoms with van der Waals surface area (Å²) in [5.74, 6) is 0.877. The summed E-state index contributed by atoms with van der Waals surface area (Å²) in [6, 6.07) is 9.55. The van der Waals surface area contributed by atoms with Gasteiger partial charge in [-0.25, -0.2) is 4.98 Å². The molecule has 2 aromatic rings. The largest absolute Gasteiger partial charge is 0.399 e. The van der Waals surface area contributed by atoms with E-state index in [0.717, 1.165) is 29.0 Å². The number of hydrogen-bond acceptors (Lipinski definition) is 4. The van der Waals surface area contributed by atoms with Gasteiger partial charge in [0.15, 0.2) is 0 Å². The minimum atomic E-state index is 0.0421. The molecule has 0 atom stereocenters. The first-order valence-corrected chi connectivity index (χ1v) is 5.90. The normalized spacial score (nSPS) is 15.8. The number of fused-ring (bicyclic) bond motifs is 1. The predicted molar refractivity (Wildman–Crippen MR) is 71.4 cm³/mol. The fourth-order valence-electron chi connectivity index (χ4n) is 2.14. The summed E-state index contributed by atoms with van der Waals surface area (Å²) in [5, 5.41) is 3.82. The van der Waals surface area contributed by atoms with Crippen LogP contribution in [0.25, 0.3) is 10.9 Å². The number of nitrogen functional groups attached to an aromatic ring is 1. The van der Waals surface area contributed by atoms with Gasteiger partial charge in [-0.15, -0.1) is 0 Å². The van der Waals surface area contributed by atoms with Gasteiger partial charge in [-0.3, -0.25) is 4.79 Å². The quantitative estimate of drug-likeness (QED) is 0.724. The summed E-state index contributed by atoms with van der Waals surface area (Å²) in [6.45, 7) is 1.83. The van der Waals surface area contributed by atoms with Crippen molar-refractivity contribution in [3.8, 4) is 0 Å². The SMILES string of the molecule is Nc1ccc2nc(N3CCNC(=O)C3)ccc2c1. The van der Waals surface area contributed by atoms with Crippen molar-refractivity contribution in [3.05, 3.63) is 30.3 Å². The second kappa shape index (κ2) is 4.18. The van der Waals surface area contributed by atoms with Crippen LogP contribution in [0.4, 0.5) is 11.5 Å². The molecule has 0 unspecified atom stereocenters. The smallest absolute Gasteiger partial charge is 0.239 e. The van der Waals surface area contributed by atoms with E-state index in [4.69, 9.17) is 5.73 Å². The number of benzene rings is 1. The number of anilines is 2. The Labute approximate surface area is 105 Å². The van der Waals surface area contributed by atoms with Crippen molar-refractivity contribution < 1.29 is 4.79 Å². The van der Waals surface area contributed by atoms with Gasteiger partial charge in [0.25, 0.3) is 0 Å². The molecule has 3 N–H and O–H groups in total. The molecule has 1 aromatic carbocycles. The Balaban J connectivity index is 1.97. The first-order chi connectivity index (χ1) is 8.72. The summed E-state index contributed by atoms with van der Waals surface area (Å²) in [5.41, 5.74) is 7.36. The number of hydrogen-bond donors (Lipinski definition) is 2. The molecule has 1 fully saturated rings. The van der Waals surface area contributed by atoms with Gasteiger partial charge in [0, 0.05) is 24.2 Å². The first kappa shape index (κ1) is 10.8. The molecule has 1 aliphatic heterocycles. The standard InChI is InChI=1S/C13H14N4O/c14-10-2-3-11-9(7-10)1-4-12(16-11)17-6-5-15-13(18)8-17/h1-4,7H,5-6,8,14H2,(H,15,18). The number of piperazine rings is 1. The van der Waals surface area contributed by atoms with Crippen LogP contribution in [0, 0.1) is 0 Å². The third kappa shape index (κ3) is 1.95. The fourth-order valence-corrected chi connectivity index (χ4v) is 2.14. The summed E-state index contributed by atoms with van der Waals surface area (Å²) < 4.78 is 0. The Hall–Kier alpha value is -2.30. The number of pyridine rings is 1. The predicted octanol–water partition coefficient (Wildman–Crippen LogP) is 0.753. The van der Waals surface area contributed by atoms with Crippen LogP contribution in [0.3, 0.4) is 0 Å². The van der Waals surface area contributed by atoms with Crippen LogP contribution in [0.15, 0.2) is 30.3 Å². The second-order valence-corrected chi connectivity index (χ2v) is 4.39. The molecule has 5 heteroatoms. The molecule has 1 amide bonds. The zero-order valence-corrected chi connectivity index (χ0v) is 9.89. The van der Waals surface area contributed by atoms with Crippen molar-refractivity contribution in [1.82, 2.24) is 10.3 Å². The number of nitrogens with zero attached hydrogens (tertiary/aromatic N) is 2. The third-order valence-corrected chi connectivity index (χ3v) is 3.06. The Morgan fingerprint density at radius 2 is 2.17 bits per heavy atom. The van der Waals surface area contributed by atoms with Gasteiger partial charge in [0.05, 0.1) is 12.1 Å². The average Bonchev–Trinajstić information content (AvgIpc) is 2.38. The zero-order valence-electron chi connectivity index (χ0n) is 9.89. The zero-order chi connectivity index (χ0) is 12.5. The summed E-state index contributed by atoms with van der Waals surface area (Å²) in [6.07, 6.45) is 0. The molecule has 1 aliphatic rings. The molecule has 0 bridgehead atoms. The van der Waals surface area contributed by atoms with E-state index in [1.54, 1.807) is 0 Å². The lowest BCUT2D eigenvalue weighted by atomic mass is 10.2. The second-order valence-electron chi connectivity index (χ2n) is 4.39. The molecule has 3 rings (SSSR count). The van der Waals surface area contributed by atoms with E-state index < -0.39 is 0 Å². The number of nitrogens with one attached hydrogen (secondary N) is 1. The van der Waals surface area contributed by atoms with Crippen molar-refractivity contribution in [2.24, 2.45) is 0 Å². The molecule has 0 spiro atoms. The maximum atomic E-state index is 11.4. The van der Waals surface area contributed by atoms with Crippen molar-refractivity contribution in [2.75, 3.05) is 30.3 Å². The highest BCUT2D eigenvalue weighted by Crippen LogP contribution is 2.20. The molecular weight excluding hydrogens is 228 g/mol. The molecule has 92 valence electrons. The Morgan fingerprint density at radius 1 is 1.28 bits per heavy atom. The van der Waals surface area contributed by atoms with Crippen LogP contribution in [-0.4, -0.2) is 30.5 Å². The van der Waals surface area contributed by atoms with Crippen LogP contribution in [0.1, 0.15) is 0 Å². The van der Waals surface area contributed by atoms with Crippen LogP contribution in [-0.2, 0) is 4.79 Å². The van der Waals surface area contributed by atoms with Gasteiger partial charge in [-0.05, 0) is 30.3 Å². The van der Waals surface area contributed by atoms with E-state index >= 15 is 0 Å². The number of carbonyl (C=O) groups is 1. The van der Waals surface area contributed by atoms with Crippen LogP contribution in [0.5, 0.6) is 0 Å². The van der Waals surface area contributed by atoms with E-state index in [0.29, 0.717) is 13.1 Å². The van der Waals surface area contributed by atoms with E-state index in [1.165, 1.54) is 0 Å². The minimum Gasteiger partial charge on any atom is -0.399 e. The molecule has 0 aliphatic carbocycles. The molecular formula is C13H14N4O. The average molecular weight is 242 g/mol.